The molecular weight excluding hydrogens is 176 g/mol. The van der Waals surface area contributed by atoms with E-state index in [1.54, 1.807) is 0 Å². The van der Waals surface area contributed by atoms with Crippen LogP contribution in [0.2, 0.25) is 0 Å². The second kappa shape index (κ2) is 3.57. The van der Waals surface area contributed by atoms with Crippen LogP contribution in [-0.4, -0.2) is 20.6 Å². The van der Waals surface area contributed by atoms with Crippen LogP contribution in [0.15, 0.2) is 24.3 Å². The van der Waals surface area contributed by atoms with Crippen molar-refractivity contribution in [1.29, 1.82) is 0 Å². The fourth-order valence-corrected chi connectivity index (χ4v) is 1.56. The van der Waals surface area contributed by atoms with Crippen LogP contribution in [-0.2, 0) is 0 Å². The van der Waals surface area contributed by atoms with E-state index in [-0.39, 0.29) is 5.92 Å². The van der Waals surface area contributed by atoms with Gasteiger partial charge in [-0.15, -0.1) is 10.2 Å². The Morgan fingerprint density at radius 3 is 2.71 bits per heavy atom. The number of aromatic nitrogens is 4. The van der Waals surface area contributed by atoms with Crippen LogP contribution in [0.25, 0.3) is 0 Å². The molecule has 0 aliphatic carbocycles. The molecule has 1 unspecified atom stereocenters. The zero-order valence-electron chi connectivity index (χ0n) is 8.23. The van der Waals surface area contributed by atoms with E-state index in [4.69, 9.17) is 0 Å². The number of hydrogen-bond donors (Lipinski definition) is 1. The quantitative estimate of drug-likeness (QED) is 0.779. The van der Waals surface area contributed by atoms with Crippen LogP contribution < -0.4 is 0 Å². The SMILES string of the molecule is Cc1ccccc1C(C)c1nn[nH]n1. The molecule has 2 rings (SSSR count). The second-order valence-corrected chi connectivity index (χ2v) is 3.35. The lowest BCUT2D eigenvalue weighted by atomic mass is 9.96. The molecule has 4 nitrogen and oxygen atoms in total. The van der Waals surface area contributed by atoms with Crippen LogP contribution in [0.1, 0.15) is 29.8 Å². The van der Waals surface area contributed by atoms with Gasteiger partial charge < -0.3 is 0 Å². The predicted molar refractivity (Wildman–Crippen MR) is 52.9 cm³/mol. The maximum absolute atomic E-state index is 3.99. The Kier molecular flexibility index (Phi) is 2.26. The van der Waals surface area contributed by atoms with Gasteiger partial charge in [0, 0.05) is 5.92 Å². The Hall–Kier alpha value is -1.71. The number of aromatic amines is 1. The highest BCUT2D eigenvalue weighted by atomic mass is 15.5. The molecule has 1 heterocycles. The van der Waals surface area contributed by atoms with Crippen molar-refractivity contribution in [3.8, 4) is 0 Å². The molecule has 0 spiro atoms. The summed E-state index contributed by atoms with van der Waals surface area (Å²) >= 11 is 0. The molecule has 1 aromatic carbocycles. The molecule has 0 fully saturated rings. The highest BCUT2D eigenvalue weighted by Gasteiger charge is 2.13. The van der Waals surface area contributed by atoms with Gasteiger partial charge in [0.25, 0.3) is 0 Å². The average molecular weight is 188 g/mol. The molecule has 0 aliphatic heterocycles. The van der Waals surface area contributed by atoms with E-state index in [2.05, 4.69) is 46.6 Å². The van der Waals surface area contributed by atoms with Crippen LogP contribution in [0.5, 0.6) is 0 Å². The minimum absolute atomic E-state index is 0.190. The summed E-state index contributed by atoms with van der Waals surface area (Å²) in [4.78, 5) is 0. The maximum atomic E-state index is 3.99. The number of benzene rings is 1. The van der Waals surface area contributed by atoms with Gasteiger partial charge in [-0.2, -0.15) is 5.21 Å². The van der Waals surface area contributed by atoms with Crippen LogP contribution >= 0.6 is 0 Å². The van der Waals surface area contributed by atoms with Crippen molar-refractivity contribution in [1.82, 2.24) is 20.6 Å². The van der Waals surface area contributed by atoms with E-state index < -0.39 is 0 Å². The molecular formula is C10H12N4. The number of aryl methyl sites for hydroxylation is 1. The summed E-state index contributed by atoms with van der Waals surface area (Å²) < 4.78 is 0. The zero-order valence-corrected chi connectivity index (χ0v) is 8.23. The Bertz CT molecular complexity index is 408. The molecule has 4 heteroatoms. The van der Waals surface area contributed by atoms with Gasteiger partial charge in [0.2, 0.25) is 0 Å². The highest BCUT2D eigenvalue weighted by molar-refractivity contribution is 5.31. The lowest BCUT2D eigenvalue weighted by Crippen LogP contribution is -2.00. The summed E-state index contributed by atoms with van der Waals surface area (Å²) in [5.41, 5.74) is 2.50. The van der Waals surface area contributed by atoms with Crippen molar-refractivity contribution < 1.29 is 0 Å². The molecule has 0 saturated carbocycles. The van der Waals surface area contributed by atoms with Crippen molar-refractivity contribution in [3.05, 3.63) is 41.2 Å². The van der Waals surface area contributed by atoms with Gasteiger partial charge in [-0.3, -0.25) is 0 Å². The Morgan fingerprint density at radius 2 is 2.07 bits per heavy atom. The normalized spacial score (nSPS) is 12.7. The number of H-pyrrole nitrogens is 1. The van der Waals surface area contributed by atoms with E-state index in [9.17, 15) is 0 Å². The molecule has 0 amide bonds. The van der Waals surface area contributed by atoms with Crippen molar-refractivity contribution in [3.63, 3.8) is 0 Å². The minimum atomic E-state index is 0.190. The van der Waals surface area contributed by atoms with Gasteiger partial charge in [-0.25, -0.2) is 0 Å². The second-order valence-electron chi connectivity index (χ2n) is 3.35. The van der Waals surface area contributed by atoms with Gasteiger partial charge >= 0.3 is 0 Å². The topological polar surface area (TPSA) is 54.5 Å². The number of nitrogens with one attached hydrogen (secondary N) is 1. The van der Waals surface area contributed by atoms with Crippen LogP contribution in [0.4, 0.5) is 0 Å². The van der Waals surface area contributed by atoms with E-state index >= 15 is 0 Å². The predicted octanol–water partition coefficient (Wildman–Crippen LogP) is 1.66. The van der Waals surface area contributed by atoms with Gasteiger partial charge in [0.1, 0.15) is 0 Å². The molecule has 0 bridgehead atoms. The first-order valence-electron chi connectivity index (χ1n) is 4.58. The molecule has 0 radical (unpaired) electrons. The van der Waals surface area contributed by atoms with Crippen molar-refractivity contribution in [2.75, 3.05) is 0 Å². The lowest BCUT2D eigenvalue weighted by Gasteiger charge is -2.09. The fourth-order valence-electron chi connectivity index (χ4n) is 1.56. The van der Waals surface area contributed by atoms with E-state index in [1.165, 1.54) is 11.1 Å². The first-order chi connectivity index (χ1) is 6.79. The number of rotatable bonds is 2. The Labute approximate surface area is 82.4 Å². The van der Waals surface area contributed by atoms with E-state index in [1.807, 2.05) is 12.1 Å². The molecule has 14 heavy (non-hydrogen) atoms. The number of tetrazole rings is 1. The third-order valence-electron chi connectivity index (χ3n) is 2.40. The smallest absolute Gasteiger partial charge is 0.177 e. The third kappa shape index (κ3) is 1.51. The van der Waals surface area contributed by atoms with Crippen LogP contribution in [0.3, 0.4) is 0 Å². The first-order valence-corrected chi connectivity index (χ1v) is 4.58. The van der Waals surface area contributed by atoms with Crippen molar-refractivity contribution >= 4 is 0 Å². The number of hydrogen-bond acceptors (Lipinski definition) is 3. The minimum Gasteiger partial charge on any atom is -0.177 e. The Balaban J connectivity index is 2.37. The molecule has 1 aromatic heterocycles. The summed E-state index contributed by atoms with van der Waals surface area (Å²) in [5.74, 6) is 0.925. The Morgan fingerprint density at radius 1 is 1.29 bits per heavy atom. The fraction of sp³-hybridized carbons (Fsp3) is 0.300. The summed E-state index contributed by atoms with van der Waals surface area (Å²) in [6, 6.07) is 8.24. The van der Waals surface area contributed by atoms with Crippen molar-refractivity contribution in [2.45, 2.75) is 19.8 Å². The first kappa shape index (κ1) is 8.87. The van der Waals surface area contributed by atoms with Gasteiger partial charge in [-0.05, 0) is 18.1 Å². The molecule has 0 saturated heterocycles. The molecule has 72 valence electrons. The summed E-state index contributed by atoms with van der Waals surface area (Å²) in [6.45, 7) is 4.17. The lowest BCUT2D eigenvalue weighted by molar-refractivity contribution is 0.814. The zero-order chi connectivity index (χ0) is 9.97. The monoisotopic (exact) mass is 188 g/mol. The van der Waals surface area contributed by atoms with Gasteiger partial charge in [-0.1, -0.05) is 36.4 Å². The summed E-state index contributed by atoms with van der Waals surface area (Å²) in [5, 5.41) is 14.0. The third-order valence-corrected chi connectivity index (χ3v) is 2.40. The van der Waals surface area contributed by atoms with E-state index in [0.29, 0.717) is 0 Å². The molecule has 1 N–H and O–H groups in total. The number of nitrogens with zero attached hydrogens (tertiary/aromatic N) is 3. The summed E-state index contributed by atoms with van der Waals surface area (Å²) in [7, 11) is 0. The van der Waals surface area contributed by atoms with Crippen LogP contribution in [0, 0.1) is 6.92 Å². The standard InChI is InChI=1S/C10H12N4/c1-7-5-3-4-6-9(7)8(2)10-11-13-14-12-10/h3-6,8H,1-2H3,(H,11,12,13,14). The summed E-state index contributed by atoms with van der Waals surface area (Å²) in [6.07, 6.45) is 0. The largest absolute Gasteiger partial charge is 0.181 e. The van der Waals surface area contributed by atoms with Gasteiger partial charge in [0.15, 0.2) is 5.82 Å². The highest BCUT2D eigenvalue weighted by Crippen LogP contribution is 2.22. The molecule has 1 atom stereocenters. The molecule has 0 aliphatic rings. The van der Waals surface area contributed by atoms with E-state index in [0.717, 1.165) is 5.82 Å². The van der Waals surface area contributed by atoms with Gasteiger partial charge in [0.05, 0.1) is 0 Å². The maximum Gasteiger partial charge on any atom is 0.181 e. The molecule has 2 aromatic rings. The average Bonchev–Trinajstić information content (AvgIpc) is 2.70. The van der Waals surface area contributed by atoms with Crippen molar-refractivity contribution in [2.24, 2.45) is 0 Å².